The highest BCUT2D eigenvalue weighted by Crippen LogP contribution is 2.30. The Morgan fingerprint density at radius 1 is 1.25 bits per heavy atom. The number of aromatic nitrogens is 3. The molecule has 16 heavy (non-hydrogen) atoms. The number of hydrogen-bond acceptors (Lipinski definition) is 2. The fourth-order valence-electron chi connectivity index (χ4n) is 2.41. The summed E-state index contributed by atoms with van der Waals surface area (Å²) in [5, 5.41) is 1.19. The van der Waals surface area contributed by atoms with Crippen molar-refractivity contribution in [1.29, 1.82) is 0 Å². The van der Waals surface area contributed by atoms with E-state index in [1.165, 1.54) is 35.8 Å². The third kappa shape index (κ3) is 1.43. The average molecular weight is 213 g/mol. The molecular weight excluding hydrogens is 198 g/mol. The highest BCUT2D eigenvalue weighted by molar-refractivity contribution is 5.90. The van der Waals surface area contributed by atoms with Gasteiger partial charge in [-0.3, -0.25) is 0 Å². The van der Waals surface area contributed by atoms with Crippen LogP contribution in [0.4, 0.5) is 0 Å². The number of fused-ring (bicyclic) bond motifs is 1. The van der Waals surface area contributed by atoms with Crippen LogP contribution in [0.25, 0.3) is 16.6 Å². The quantitative estimate of drug-likeness (QED) is 0.790. The third-order valence-corrected chi connectivity index (χ3v) is 3.26. The molecule has 2 heterocycles. The molecule has 0 fully saturated rings. The molecule has 3 rings (SSSR count). The minimum Gasteiger partial charge on any atom is -0.346 e. The van der Waals surface area contributed by atoms with Gasteiger partial charge in [0.15, 0.2) is 0 Å². The number of H-pyrrole nitrogens is 1. The molecule has 0 saturated heterocycles. The fourth-order valence-corrected chi connectivity index (χ4v) is 2.41. The first-order chi connectivity index (χ1) is 7.86. The summed E-state index contributed by atoms with van der Waals surface area (Å²) in [6.07, 6.45) is 10.9. The van der Waals surface area contributed by atoms with Gasteiger partial charge in [0.05, 0.1) is 5.69 Å². The van der Waals surface area contributed by atoms with E-state index < -0.39 is 0 Å². The van der Waals surface area contributed by atoms with Gasteiger partial charge in [0.2, 0.25) is 0 Å². The van der Waals surface area contributed by atoms with Crippen LogP contribution in [-0.2, 0) is 0 Å². The van der Waals surface area contributed by atoms with Crippen molar-refractivity contribution in [3.63, 3.8) is 0 Å². The largest absolute Gasteiger partial charge is 0.346 e. The third-order valence-electron chi connectivity index (χ3n) is 3.26. The summed E-state index contributed by atoms with van der Waals surface area (Å²) in [4.78, 5) is 11.9. The number of nitrogens with one attached hydrogen (secondary N) is 1. The van der Waals surface area contributed by atoms with E-state index in [1.54, 1.807) is 6.33 Å². The second kappa shape index (κ2) is 3.74. The average Bonchev–Trinajstić information content (AvgIpc) is 2.73. The van der Waals surface area contributed by atoms with Gasteiger partial charge in [-0.05, 0) is 43.7 Å². The SMILES string of the molecule is Cc1c[nH]c2ncnc(C3=CCCCC3)c12. The van der Waals surface area contributed by atoms with Crippen LogP contribution in [0.2, 0.25) is 0 Å². The molecule has 3 nitrogen and oxygen atoms in total. The number of aromatic amines is 1. The van der Waals surface area contributed by atoms with E-state index in [2.05, 4.69) is 28.0 Å². The Morgan fingerprint density at radius 2 is 2.19 bits per heavy atom. The maximum Gasteiger partial charge on any atom is 0.141 e. The molecule has 0 amide bonds. The fraction of sp³-hybridized carbons (Fsp3) is 0.385. The number of nitrogens with zero attached hydrogens (tertiary/aromatic N) is 2. The lowest BCUT2D eigenvalue weighted by Gasteiger charge is -2.12. The van der Waals surface area contributed by atoms with Crippen LogP contribution < -0.4 is 0 Å². The van der Waals surface area contributed by atoms with E-state index in [0.717, 1.165) is 17.8 Å². The van der Waals surface area contributed by atoms with Gasteiger partial charge in [-0.15, -0.1) is 0 Å². The van der Waals surface area contributed by atoms with Gasteiger partial charge in [0.25, 0.3) is 0 Å². The van der Waals surface area contributed by atoms with Crippen molar-refractivity contribution in [1.82, 2.24) is 15.0 Å². The number of hydrogen-bond donors (Lipinski definition) is 1. The molecule has 0 aliphatic heterocycles. The summed E-state index contributed by atoms with van der Waals surface area (Å²) < 4.78 is 0. The monoisotopic (exact) mass is 213 g/mol. The molecule has 1 aliphatic carbocycles. The molecule has 1 N–H and O–H groups in total. The van der Waals surface area contributed by atoms with Crippen molar-refractivity contribution >= 4 is 16.6 Å². The summed E-state index contributed by atoms with van der Waals surface area (Å²) in [6, 6.07) is 0. The minimum atomic E-state index is 0.953. The first kappa shape index (κ1) is 9.58. The predicted octanol–water partition coefficient (Wildman–Crippen LogP) is 3.22. The molecule has 0 saturated carbocycles. The maximum atomic E-state index is 4.46. The van der Waals surface area contributed by atoms with Crippen LogP contribution in [0.1, 0.15) is 36.9 Å². The molecule has 0 unspecified atom stereocenters. The Kier molecular flexibility index (Phi) is 2.24. The zero-order valence-corrected chi connectivity index (χ0v) is 9.45. The van der Waals surface area contributed by atoms with E-state index in [-0.39, 0.29) is 0 Å². The van der Waals surface area contributed by atoms with Crippen LogP contribution in [0.5, 0.6) is 0 Å². The number of rotatable bonds is 1. The van der Waals surface area contributed by atoms with Gasteiger partial charge in [-0.2, -0.15) is 0 Å². The van der Waals surface area contributed by atoms with Crippen molar-refractivity contribution in [3.8, 4) is 0 Å². The lowest BCUT2D eigenvalue weighted by Crippen LogP contribution is -1.96. The van der Waals surface area contributed by atoms with E-state index in [1.807, 2.05) is 6.20 Å². The second-order valence-corrected chi connectivity index (χ2v) is 4.39. The Bertz CT molecular complexity index is 551. The standard InChI is InChI=1S/C13H15N3/c1-9-7-14-13-11(9)12(15-8-16-13)10-5-3-2-4-6-10/h5,7-8H,2-4,6H2,1H3,(H,14,15,16). The smallest absolute Gasteiger partial charge is 0.141 e. The zero-order valence-electron chi connectivity index (χ0n) is 9.45. The highest BCUT2D eigenvalue weighted by atomic mass is 14.9. The Morgan fingerprint density at radius 3 is 3.00 bits per heavy atom. The van der Waals surface area contributed by atoms with Gasteiger partial charge in [0.1, 0.15) is 12.0 Å². The van der Waals surface area contributed by atoms with Gasteiger partial charge >= 0.3 is 0 Å². The predicted molar refractivity (Wildman–Crippen MR) is 65.1 cm³/mol. The van der Waals surface area contributed by atoms with Crippen molar-refractivity contribution in [2.24, 2.45) is 0 Å². The molecule has 2 aromatic rings. The van der Waals surface area contributed by atoms with Crippen molar-refractivity contribution in [3.05, 3.63) is 29.9 Å². The molecule has 0 atom stereocenters. The van der Waals surface area contributed by atoms with Crippen LogP contribution in [0.3, 0.4) is 0 Å². The molecule has 1 aliphatic rings. The summed E-state index contributed by atoms with van der Waals surface area (Å²) in [7, 11) is 0. The molecular formula is C13H15N3. The molecule has 0 spiro atoms. The van der Waals surface area contributed by atoms with Crippen molar-refractivity contribution in [2.45, 2.75) is 32.6 Å². The van der Waals surface area contributed by atoms with Crippen molar-refractivity contribution in [2.75, 3.05) is 0 Å². The molecule has 0 bridgehead atoms. The van der Waals surface area contributed by atoms with E-state index >= 15 is 0 Å². The number of aryl methyl sites for hydroxylation is 1. The topological polar surface area (TPSA) is 41.6 Å². The minimum absolute atomic E-state index is 0.953. The summed E-state index contributed by atoms with van der Waals surface area (Å²) in [5.74, 6) is 0. The summed E-state index contributed by atoms with van der Waals surface area (Å²) in [6.45, 7) is 2.11. The number of allylic oxidation sites excluding steroid dienone is 2. The molecule has 0 aromatic carbocycles. The normalized spacial score (nSPS) is 16.4. The van der Waals surface area contributed by atoms with E-state index in [9.17, 15) is 0 Å². The van der Waals surface area contributed by atoms with E-state index in [0.29, 0.717) is 0 Å². The van der Waals surface area contributed by atoms with Crippen molar-refractivity contribution < 1.29 is 0 Å². The maximum absolute atomic E-state index is 4.46. The first-order valence-electron chi connectivity index (χ1n) is 5.84. The van der Waals surface area contributed by atoms with Crippen LogP contribution in [0.15, 0.2) is 18.6 Å². The van der Waals surface area contributed by atoms with Crippen LogP contribution in [0, 0.1) is 6.92 Å². The molecule has 3 heteroatoms. The lowest BCUT2D eigenvalue weighted by atomic mass is 9.95. The second-order valence-electron chi connectivity index (χ2n) is 4.39. The molecule has 82 valence electrons. The van der Waals surface area contributed by atoms with Gasteiger partial charge < -0.3 is 4.98 Å². The van der Waals surface area contributed by atoms with Gasteiger partial charge in [-0.1, -0.05) is 6.08 Å². The van der Waals surface area contributed by atoms with Gasteiger partial charge in [0, 0.05) is 11.6 Å². The molecule has 0 radical (unpaired) electrons. The molecule has 2 aromatic heterocycles. The zero-order chi connectivity index (χ0) is 11.0. The Hall–Kier alpha value is -1.64. The van der Waals surface area contributed by atoms with E-state index in [4.69, 9.17) is 0 Å². The lowest BCUT2D eigenvalue weighted by molar-refractivity contribution is 0.740. The highest BCUT2D eigenvalue weighted by Gasteiger charge is 2.13. The first-order valence-corrected chi connectivity index (χ1v) is 5.84. The summed E-state index contributed by atoms with van der Waals surface area (Å²) >= 11 is 0. The summed E-state index contributed by atoms with van der Waals surface area (Å²) in [5.41, 5.74) is 4.70. The van der Waals surface area contributed by atoms with Gasteiger partial charge in [-0.25, -0.2) is 9.97 Å². The Labute approximate surface area is 94.6 Å². The van der Waals surface area contributed by atoms with Crippen LogP contribution >= 0.6 is 0 Å². The Balaban J connectivity index is 2.22. The van der Waals surface area contributed by atoms with Crippen LogP contribution in [-0.4, -0.2) is 15.0 Å².